The summed E-state index contributed by atoms with van der Waals surface area (Å²) in [4.78, 5) is 8.79. The lowest BCUT2D eigenvalue weighted by molar-refractivity contribution is -0.200. The first-order chi connectivity index (χ1) is 16.9. The molecule has 1 aliphatic carbocycles. The van der Waals surface area contributed by atoms with Crippen molar-refractivity contribution in [1.29, 1.82) is 0 Å². The number of thioether (sulfide) groups is 1. The molecule has 1 saturated carbocycles. The van der Waals surface area contributed by atoms with Crippen LogP contribution in [0, 0.1) is 0 Å². The first-order valence-corrected chi connectivity index (χ1v) is 16.3. The molecule has 3 aliphatic rings. The molecule has 3 fully saturated rings. The molecule has 2 aromatic rings. The van der Waals surface area contributed by atoms with Crippen LogP contribution in [0.25, 0.3) is 11.0 Å². The molecule has 9 nitrogen and oxygen atoms in total. The second-order valence-electron chi connectivity index (χ2n) is 11.8. The summed E-state index contributed by atoms with van der Waals surface area (Å²) in [7, 11) is -2.07. The molecule has 36 heavy (non-hydrogen) atoms. The topological polar surface area (TPSA) is 107 Å². The third-order valence-corrected chi connectivity index (χ3v) is 15.3. The molecule has 200 valence electrons. The quantitative estimate of drug-likeness (QED) is 0.430. The summed E-state index contributed by atoms with van der Waals surface area (Å²) in [5.74, 6) is -0.282. The lowest BCUT2D eigenvalue weighted by Crippen LogP contribution is -2.50. The van der Waals surface area contributed by atoms with Crippen molar-refractivity contribution in [3.63, 3.8) is 0 Å². The lowest BCUT2D eigenvalue weighted by Gasteiger charge is -2.43. The first kappa shape index (κ1) is 26.4. The minimum Gasteiger partial charge on any atom is -0.413 e. The Morgan fingerprint density at radius 1 is 1.08 bits per heavy atom. The highest BCUT2D eigenvalue weighted by Crippen LogP contribution is 2.48. The Balaban J connectivity index is 1.47. The van der Waals surface area contributed by atoms with Gasteiger partial charge in [0, 0.05) is 5.25 Å². The number of hydrogen-bond acceptors (Lipinski definition) is 9. The van der Waals surface area contributed by atoms with E-state index in [1.165, 1.54) is 19.2 Å². The highest BCUT2D eigenvalue weighted by molar-refractivity contribution is 8.00. The van der Waals surface area contributed by atoms with E-state index in [0.717, 1.165) is 10.4 Å². The average molecular weight is 536 g/mol. The SMILES string of the molecule is CC(C)[Si](OC[C@H]1O[C@@H](n2nc(SC3CC3)c3c(N)ncnc32)[C@@H]2OC(C)(C)O[C@@H]21)(C(C)C)C(C)C. The molecule has 2 N–H and O–H groups in total. The Bertz CT molecular complexity index is 1080. The van der Waals surface area contributed by atoms with Crippen molar-refractivity contribution in [2.45, 2.75) is 125 Å². The fourth-order valence-corrected chi connectivity index (χ4v) is 12.9. The Morgan fingerprint density at radius 2 is 1.72 bits per heavy atom. The molecule has 2 saturated heterocycles. The molecule has 2 aromatic heterocycles. The van der Waals surface area contributed by atoms with Crippen LogP contribution in [-0.4, -0.2) is 64.0 Å². The van der Waals surface area contributed by atoms with E-state index in [1.807, 2.05) is 18.5 Å². The zero-order valence-electron chi connectivity index (χ0n) is 22.7. The summed E-state index contributed by atoms with van der Waals surface area (Å²) < 4.78 is 28.2. The summed E-state index contributed by atoms with van der Waals surface area (Å²) in [6, 6.07) is 0. The van der Waals surface area contributed by atoms with Crippen LogP contribution in [0.15, 0.2) is 11.4 Å². The monoisotopic (exact) mass is 535 g/mol. The molecule has 0 radical (unpaired) electrons. The maximum Gasteiger partial charge on any atom is 0.200 e. The van der Waals surface area contributed by atoms with Gasteiger partial charge in [-0.05, 0) is 43.3 Å². The van der Waals surface area contributed by atoms with Crippen LogP contribution < -0.4 is 5.73 Å². The predicted octanol–water partition coefficient (Wildman–Crippen LogP) is 5.27. The van der Waals surface area contributed by atoms with Gasteiger partial charge in [0.15, 0.2) is 26.0 Å². The van der Waals surface area contributed by atoms with Gasteiger partial charge in [-0.2, -0.15) is 5.10 Å². The standard InChI is InChI=1S/C25H41N5O4SSi/c1-13(2)36(14(3)4,15(5)6)31-11-17-19-20(34-25(7,8)33-19)24(32-17)30-22-18(21(26)27-12-28-22)23(29-30)35-16-9-10-16/h12-17,19-20,24H,9-11H2,1-8H3,(H2,26,27,28)/t17-,19-,20-,24-/m1/s1. The number of fused-ring (bicyclic) bond motifs is 2. The lowest BCUT2D eigenvalue weighted by atomic mass is 10.1. The normalized spacial score (nSPS) is 28.2. The number of nitrogens with zero attached hydrogens (tertiary/aromatic N) is 4. The van der Waals surface area contributed by atoms with Gasteiger partial charge in [0.05, 0.1) is 12.0 Å². The zero-order chi connectivity index (χ0) is 26.0. The van der Waals surface area contributed by atoms with Gasteiger partial charge in [0.1, 0.15) is 35.5 Å². The molecule has 11 heteroatoms. The summed E-state index contributed by atoms with van der Waals surface area (Å²) in [5.41, 5.74) is 8.42. The van der Waals surface area contributed by atoms with E-state index in [-0.39, 0.29) is 18.3 Å². The van der Waals surface area contributed by atoms with Gasteiger partial charge >= 0.3 is 0 Å². The largest absolute Gasteiger partial charge is 0.413 e. The smallest absolute Gasteiger partial charge is 0.200 e. The Labute approximate surface area is 219 Å². The van der Waals surface area contributed by atoms with Gasteiger partial charge in [0.2, 0.25) is 0 Å². The third-order valence-electron chi connectivity index (χ3n) is 7.86. The third kappa shape index (κ3) is 4.49. The molecule has 0 unspecified atom stereocenters. The summed E-state index contributed by atoms with van der Waals surface area (Å²) in [6.45, 7) is 18.1. The van der Waals surface area contributed by atoms with Crippen molar-refractivity contribution in [1.82, 2.24) is 19.7 Å². The van der Waals surface area contributed by atoms with E-state index in [9.17, 15) is 0 Å². The number of rotatable bonds is 9. The van der Waals surface area contributed by atoms with Gasteiger partial charge in [0.25, 0.3) is 0 Å². The first-order valence-electron chi connectivity index (χ1n) is 13.2. The number of anilines is 1. The van der Waals surface area contributed by atoms with Crippen molar-refractivity contribution in [2.75, 3.05) is 12.3 Å². The molecule has 0 bridgehead atoms. The average Bonchev–Trinajstić information content (AvgIpc) is 3.32. The fourth-order valence-electron chi connectivity index (χ4n) is 6.28. The van der Waals surface area contributed by atoms with E-state index in [1.54, 1.807) is 11.8 Å². The van der Waals surface area contributed by atoms with Gasteiger partial charge in [-0.1, -0.05) is 41.5 Å². The van der Waals surface area contributed by atoms with Crippen LogP contribution >= 0.6 is 11.8 Å². The summed E-state index contributed by atoms with van der Waals surface area (Å²) >= 11 is 1.74. The van der Waals surface area contributed by atoms with Crippen LogP contribution in [0.1, 0.15) is 74.5 Å². The van der Waals surface area contributed by atoms with Gasteiger partial charge in [-0.3, -0.25) is 0 Å². The summed E-state index contributed by atoms with van der Waals surface area (Å²) in [6.07, 6.45) is 2.50. The number of nitrogens with two attached hydrogens (primary N) is 1. The second-order valence-corrected chi connectivity index (χ2v) is 18.5. The van der Waals surface area contributed by atoms with Gasteiger partial charge in [-0.15, -0.1) is 11.8 Å². The number of aromatic nitrogens is 4. The van der Waals surface area contributed by atoms with Crippen LogP contribution in [0.3, 0.4) is 0 Å². The van der Waals surface area contributed by atoms with E-state index in [4.69, 9.17) is 29.5 Å². The van der Waals surface area contributed by atoms with E-state index in [2.05, 4.69) is 51.5 Å². The molecular weight excluding hydrogens is 494 g/mol. The predicted molar refractivity (Wildman–Crippen MR) is 143 cm³/mol. The molecule has 2 aliphatic heterocycles. The molecule has 4 atom stereocenters. The Kier molecular flexibility index (Phi) is 6.96. The molecule has 5 rings (SSSR count). The second kappa shape index (κ2) is 9.50. The molecule has 0 aromatic carbocycles. The highest BCUT2D eigenvalue weighted by Gasteiger charge is 2.57. The fraction of sp³-hybridized carbons (Fsp3) is 0.800. The minimum absolute atomic E-state index is 0.263. The van der Waals surface area contributed by atoms with E-state index >= 15 is 0 Å². The maximum atomic E-state index is 6.93. The van der Waals surface area contributed by atoms with Crippen molar-refractivity contribution < 1.29 is 18.6 Å². The summed E-state index contributed by atoms with van der Waals surface area (Å²) in [5, 5.41) is 7.17. The van der Waals surface area contributed by atoms with Crippen LogP contribution in [0.5, 0.6) is 0 Å². The Morgan fingerprint density at radius 3 is 2.33 bits per heavy atom. The van der Waals surface area contributed by atoms with Crippen LogP contribution in [-0.2, 0) is 18.6 Å². The molecule has 0 spiro atoms. The van der Waals surface area contributed by atoms with Crippen molar-refractivity contribution >= 4 is 36.9 Å². The van der Waals surface area contributed by atoms with Crippen molar-refractivity contribution in [3.05, 3.63) is 6.33 Å². The molecule has 0 amide bonds. The number of ether oxygens (including phenoxy) is 3. The molecule has 4 heterocycles. The van der Waals surface area contributed by atoms with E-state index < -0.39 is 20.3 Å². The number of nitrogen functional groups attached to an aromatic ring is 1. The molecular formula is C25H41N5O4SSi. The van der Waals surface area contributed by atoms with Crippen LogP contribution in [0.2, 0.25) is 16.6 Å². The maximum absolute atomic E-state index is 6.93. The Hall–Kier alpha value is -1.24. The van der Waals surface area contributed by atoms with E-state index in [0.29, 0.717) is 39.9 Å². The number of hydrogen-bond donors (Lipinski definition) is 1. The van der Waals surface area contributed by atoms with Crippen molar-refractivity contribution in [3.8, 4) is 0 Å². The van der Waals surface area contributed by atoms with Crippen LogP contribution in [0.4, 0.5) is 5.82 Å². The van der Waals surface area contributed by atoms with Gasteiger partial charge < -0.3 is 24.4 Å². The zero-order valence-corrected chi connectivity index (χ0v) is 24.5. The van der Waals surface area contributed by atoms with Crippen molar-refractivity contribution in [2.24, 2.45) is 0 Å². The minimum atomic E-state index is -2.07. The van der Waals surface area contributed by atoms with Gasteiger partial charge in [-0.25, -0.2) is 14.6 Å². The highest BCUT2D eigenvalue weighted by atomic mass is 32.2.